The fourth-order valence-corrected chi connectivity index (χ4v) is 5.50. The first kappa shape index (κ1) is 23.6. The van der Waals surface area contributed by atoms with Crippen LogP contribution in [-0.2, 0) is 23.2 Å². The van der Waals surface area contributed by atoms with E-state index in [1.807, 2.05) is 19.1 Å². The molecular weight excluding hydrogens is 450 g/mol. The Morgan fingerprint density at radius 3 is 2.74 bits per heavy atom. The van der Waals surface area contributed by atoms with Crippen molar-refractivity contribution in [3.05, 3.63) is 23.5 Å². The van der Waals surface area contributed by atoms with Crippen molar-refractivity contribution in [2.75, 3.05) is 13.6 Å². The summed E-state index contributed by atoms with van der Waals surface area (Å²) < 4.78 is 13.4. The van der Waals surface area contributed by atoms with E-state index in [4.69, 9.17) is 9.47 Å². The molecule has 35 heavy (non-hydrogen) atoms. The number of nitrogens with zero attached hydrogens (tertiary/aromatic N) is 5. The van der Waals surface area contributed by atoms with E-state index in [0.29, 0.717) is 47.4 Å². The average Bonchev–Trinajstić information content (AvgIpc) is 3.47. The molecule has 10 heteroatoms. The molecule has 5 rings (SSSR count). The molecule has 0 spiro atoms. The van der Waals surface area contributed by atoms with Gasteiger partial charge in [-0.1, -0.05) is 11.6 Å². The van der Waals surface area contributed by atoms with Gasteiger partial charge in [-0.2, -0.15) is 0 Å². The second-order valence-corrected chi connectivity index (χ2v) is 10.3. The summed E-state index contributed by atoms with van der Waals surface area (Å²) in [6.45, 7) is 2.63. The topological polar surface area (TPSA) is 120 Å². The lowest BCUT2D eigenvalue weighted by atomic mass is 9.85. The van der Waals surface area contributed by atoms with Crippen LogP contribution in [0.5, 0.6) is 5.75 Å². The minimum atomic E-state index is -0.703. The second kappa shape index (κ2) is 9.13. The van der Waals surface area contributed by atoms with E-state index in [2.05, 4.69) is 15.3 Å². The van der Waals surface area contributed by atoms with Crippen molar-refractivity contribution in [1.82, 2.24) is 24.9 Å². The minimum Gasteiger partial charge on any atom is -0.488 e. The highest BCUT2D eigenvalue weighted by molar-refractivity contribution is 5.79. The Balaban J connectivity index is 1.25. The molecule has 1 amide bonds. The van der Waals surface area contributed by atoms with E-state index in [1.165, 1.54) is 19.3 Å². The molecular formula is C25H33N5O5. The molecule has 3 atom stereocenters. The molecule has 2 aromatic rings. The molecule has 10 nitrogen and oxygen atoms in total. The molecule has 3 fully saturated rings. The van der Waals surface area contributed by atoms with Crippen LogP contribution in [0.15, 0.2) is 12.1 Å². The van der Waals surface area contributed by atoms with Crippen LogP contribution in [0.4, 0.5) is 4.79 Å². The molecule has 2 heterocycles. The molecule has 3 aliphatic rings. The normalized spacial score (nSPS) is 25.3. The smallest absolute Gasteiger partial charge is 0.409 e. The van der Waals surface area contributed by atoms with Crippen molar-refractivity contribution in [2.24, 2.45) is 24.3 Å². The van der Waals surface area contributed by atoms with Gasteiger partial charge in [-0.05, 0) is 63.5 Å². The minimum absolute atomic E-state index is 0.0483. The first-order valence-electron chi connectivity index (χ1n) is 12.4. The van der Waals surface area contributed by atoms with Crippen molar-refractivity contribution >= 4 is 12.1 Å². The Bertz CT molecular complexity index is 1130. The van der Waals surface area contributed by atoms with Gasteiger partial charge in [0, 0.05) is 26.6 Å². The monoisotopic (exact) mass is 483 g/mol. The third-order valence-corrected chi connectivity index (χ3v) is 8.02. The van der Waals surface area contributed by atoms with Crippen LogP contribution in [0.25, 0.3) is 11.4 Å². The van der Waals surface area contributed by atoms with Gasteiger partial charge < -0.3 is 19.5 Å². The molecule has 3 unspecified atom stereocenters. The molecule has 3 saturated carbocycles. The lowest BCUT2D eigenvalue weighted by Gasteiger charge is -2.29. The number of hydrogen-bond donors (Lipinski definition) is 1. The fourth-order valence-electron chi connectivity index (χ4n) is 5.50. The van der Waals surface area contributed by atoms with Gasteiger partial charge in [-0.25, -0.2) is 14.5 Å². The van der Waals surface area contributed by atoms with Gasteiger partial charge in [-0.15, -0.1) is 5.10 Å². The van der Waals surface area contributed by atoms with Crippen LogP contribution in [0.3, 0.4) is 0 Å². The van der Waals surface area contributed by atoms with E-state index < -0.39 is 11.4 Å². The number of amides is 1. The maximum atomic E-state index is 12.4. The first-order valence-corrected chi connectivity index (χ1v) is 12.4. The molecule has 0 bridgehead atoms. The van der Waals surface area contributed by atoms with Gasteiger partial charge >= 0.3 is 12.1 Å². The Kier molecular flexibility index (Phi) is 6.14. The summed E-state index contributed by atoms with van der Waals surface area (Å²) >= 11 is 0. The number of carbonyl (C=O) groups is 2. The number of aliphatic carboxylic acids is 1. The van der Waals surface area contributed by atoms with Crippen molar-refractivity contribution in [2.45, 2.75) is 64.6 Å². The fraction of sp³-hybridized carbons (Fsp3) is 0.640. The number of pyridine rings is 1. The molecule has 0 aliphatic heterocycles. The number of ether oxygens (including phenoxy) is 2. The summed E-state index contributed by atoms with van der Waals surface area (Å²) in [7, 11) is 3.52. The number of carboxylic acid groups (broad SMARTS) is 1. The zero-order chi connectivity index (χ0) is 24.7. The van der Waals surface area contributed by atoms with Crippen LogP contribution in [0, 0.1) is 24.2 Å². The van der Waals surface area contributed by atoms with Gasteiger partial charge in [0.25, 0.3) is 0 Å². The van der Waals surface area contributed by atoms with Crippen LogP contribution in [-0.4, -0.2) is 61.7 Å². The highest BCUT2D eigenvalue weighted by Crippen LogP contribution is 2.62. The zero-order valence-corrected chi connectivity index (χ0v) is 20.6. The summed E-state index contributed by atoms with van der Waals surface area (Å²) in [5.41, 5.74) is 1.94. The number of carboxylic acids is 1. The van der Waals surface area contributed by atoms with E-state index in [-0.39, 0.29) is 24.7 Å². The van der Waals surface area contributed by atoms with Crippen molar-refractivity contribution in [1.29, 1.82) is 0 Å². The van der Waals surface area contributed by atoms with Crippen LogP contribution in [0.2, 0.25) is 0 Å². The van der Waals surface area contributed by atoms with Crippen LogP contribution in [0.1, 0.15) is 56.3 Å². The SMILES string of the molecule is Cc1nc(-c2nnn(C)c2COC(=O)N(C)CC2CCC2)ccc1OC1CCCC2(C(=O)O)CC12. The molecule has 3 aliphatic carbocycles. The lowest BCUT2D eigenvalue weighted by Crippen LogP contribution is -2.34. The number of aromatic nitrogens is 4. The standard InChI is InChI=1S/C25H33N5O5/c1-15-20(35-21-8-5-11-25(23(31)32)12-17(21)25)10-9-18(26-15)22-19(30(3)28-27-22)14-34-24(33)29(2)13-16-6-4-7-16/h9-10,16-17,21H,4-8,11-14H2,1-3H3,(H,31,32). The Morgan fingerprint density at radius 1 is 1.26 bits per heavy atom. The van der Waals surface area contributed by atoms with Gasteiger partial charge in [0.1, 0.15) is 29.8 Å². The molecule has 0 aromatic carbocycles. The maximum Gasteiger partial charge on any atom is 0.409 e. The van der Waals surface area contributed by atoms with E-state index in [0.717, 1.165) is 19.3 Å². The average molecular weight is 484 g/mol. The molecule has 188 valence electrons. The molecule has 1 N–H and O–H groups in total. The number of fused-ring (bicyclic) bond motifs is 1. The summed E-state index contributed by atoms with van der Waals surface area (Å²) in [6, 6.07) is 3.68. The third-order valence-electron chi connectivity index (χ3n) is 8.02. The van der Waals surface area contributed by atoms with E-state index in [9.17, 15) is 14.7 Å². The summed E-state index contributed by atoms with van der Waals surface area (Å²) in [5, 5.41) is 18.0. The summed E-state index contributed by atoms with van der Waals surface area (Å²) in [4.78, 5) is 30.5. The first-order chi connectivity index (χ1) is 16.8. The van der Waals surface area contributed by atoms with Crippen molar-refractivity contribution in [3.63, 3.8) is 0 Å². The third kappa shape index (κ3) is 4.46. The highest BCUT2D eigenvalue weighted by atomic mass is 16.6. The van der Waals surface area contributed by atoms with Crippen LogP contribution >= 0.6 is 0 Å². The van der Waals surface area contributed by atoms with Crippen molar-refractivity contribution in [3.8, 4) is 17.1 Å². The predicted molar refractivity (Wildman–Crippen MR) is 126 cm³/mol. The summed E-state index contributed by atoms with van der Waals surface area (Å²) in [6.07, 6.45) is 6.24. The Hall–Kier alpha value is -3.17. The summed E-state index contributed by atoms with van der Waals surface area (Å²) in [5.74, 6) is 0.590. The van der Waals surface area contributed by atoms with Crippen molar-refractivity contribution < 1.29 is 24.2 Å². The number of carbonyl (C=O) groups excluding carboxylic acids is 1. The second-order valence-electron chi connectivity index (χ2n) is 10.3. The Labute approximate surface area is 204 Å². The number of hydrogen-bond acceptors (Lipinski definition) is 7. The van der Waals surface area contributed by atoms with Gasteiger partial charge in [-0.3, -0.25) is 4.79 Å². The largest absolute Gasteiger partial charge is 0.488 e. The quantitative estimate of drug-likeness (QED) is 0.605. The highest BCUT2D eigenvalue weighted by Gasteiger charge is 2.65. The number of rotatable bonds is 8. The van der Waals surface area contributed by atoms with E-state index in [1.54, 1.807) is 23.7 Å². The van der Waals surface area contributed by atoms with Gasteiger partial charge in [0.05, 0.1) is 16.8 Å². The molecule has 2 aromatic heterocycles. The van der Waals surface area contributed by atoms with E-state index >= 15 is 0 Å². The predicted octanol–water partition coefficient (Wildman–Crippen LogP) is 3.58. The lowest BCUT2D eigenvalue weighted by molar-refractivity contribution is -0.145. The number of aryl methyl sites for hydroxylation is 2. The van der Waals surface area contributed by atoms with Gasteiger partial charge in [0.15, 0.2) is 0 Å². The molecule has 0 saturated heterocycles. The zero-order valence-electron chi connectivity index (χ0n) is 20.6. The maximum absolute atomic E-state index is 12.4. The molecule has 0 radical (unpaired) electrons. The van der Waals surface area contributed by atoms with Crippen LogP contribution < -0.4 is 4.74 Å². The Morgan fingerprint density at radius 2 is 2.06 bits per heavy atom. The van der Waals surface area contributed by atoms with Gasteiger partial charge in [0.2, 0.25) is 0 Å².